The van der Waals surface area contributed by atoms with E-state index in [0.717, 1.165) is 13.0 Å². The van der Waals surface area contributed by atoms with E-state index in [1.54, 1.807) is 0 Å². The lowest BCUT2D eigenvalue weighted by Gasteiger charge is -2.13. The van der Waals surface area contributed by atoms with Gasteiger partial charge in [0.2, 0.25) is 5.91 Å². The van der Waals surface area contributed by atoms with Crippen LogP contribution in [0.3, 0.4) is 0 Å². The molecule has 1 amide bonds. The first kappa shape index (κ1) is 27.5. The lowest BCUT2D eigenvalue weighted by molar-refractivity contribution is -0.159. The van der Waals surface area contributed by atoms with Crippen molar-refractivity contribution in [2.24, 2.45) is 0 Å². The molecule has 0 bridgehead atoms. The minimum atomic E-state index is -3.67. The maximum Gasteiger partial charge on any atom is 0.328 e. The average Bonchev–Trinajstić information content (AvgIpc) is 2.64. The number of carbonyl (C=O) groups excluding carboxylic acids is 1. The molecular formula is C20H42NO6P. The molecule has 1 unspecified atom stereocenters. The van der Waals surface area contributed by atoms with Crippen molar-refractivity contribution in [3.05, 3.63) is 0 Å². The molecule has 0 heterocycles. The number of hydroxylamine groups is 2. The minimum absolute atomic E-state index is 0.0167. The Kier molecular flexibility index (Phi) is 18.3. The van der Waals surface area contributed by atoms with Crippen molar-refractivity contribution in [3.63, 3.8) is 0 Å². The molecule has 0 aliphatic rings. The van der Waals surface area contributed by atoms with Crippen molar-refractivity contribution in [2.75, 3.05) is 33.0 Å². The molecule has 28 heavy (non-hydrogen) atoms. The molecular weight excluding hydrogens is 381 g/mol. The summed E-state index contributed by atoms with van der Waals surface area (Å²) in [6.07, 6.45) is 13.6. The first-order valence-electron chi connectivity index (χ1n) is 10.9. The smallest absolute Gasteiger partial charge is 0.328 e. The Bertz CT molecular complexity index is 420. The molecule has 0 saturated carbocycles. The summed E-state index contributed by atoms with van der Waals surface area (Å²) < 4.78 is 22.4. The average molecular weight is 424 g/mol. The third kappa shape index (κ3) is 18.9. The highest BCUT2D eigenvalue weighted by Gasteiger charge is 2.19. The number of amides is 1. The molecule has 0 aromatic carbocycles. The third-order valence-electron chi connectivity index (χ3n) is 4.56. The van der Waals surface area contributed by atoms with E-state index >= 15 is 0 Å². The van der Waals surface area contributed by atoms with Gasteiger partial charge in [0.05, 0.1) is 12.8 Å². The molecule has 7 nitrogen and oxygen atoms in total. The number of hydrogen-bond donors (Lipinski definition) is 2. The van der Waals surface area contributed by atoms with E-state index in [0.29, 0.717) is 18.1 Å². The molecule has 1 atom stereocenters. The van der Waals surface area contributed by atoms with Crippen LogP contribution in [0.2, 0.25) is 0 Å². The van der Waals surface area contributed by atoms with Gasteiger partial charge in [0.25, 0.3) is 0 Å². The first-order valence-corrected chi connectivity index (χ1v) is 12.6. The Hall–Kier alpha value is -0.460. The fourth-order valence-electron chi connectivity index (χ4n) is 2.82. The van der Waals surface area contributed by atoms with E-state index in [1.165, 1.54) is 64.8 Å². The van der Waals surface area contributed by atoms with Crippen molar-refractivity contribution >= 4 is 13.5 Å². The minimum Gasteiger partial charge on any atom is -0.381 e. The van der Waals surface area contributed by atoms with Crippen LogP contribution in [0.1, 0.15) is 90.4 Å². The van der Waals surface area contributed by atoms with E-state index < -0.39 is 13.5 Å². The lowest BCUT2D eigenvalue weighted by Crippen LogP contribution is -2.22. The molecule has 0 fully saturated rings. The maximum absolute atomic E-state index is 11.8. The van der Waals surface area contributed by atoms with Crippen LogP contribution in [0.4, 0.5) is 0 Å². The number of rotatable bonds is 20. The van der Waals surface area contributed by atoms with Gasteiger partial charge in [0.15, 0.2) is 0 Å². The summed E-state index contributed by atoms with van der Waals surface area (Å²) in [6, 6.07) is 0. The summed E-state index contributed by atoms with van der Waals surface area (Å²) >= 11 is 0. The quantitative estimate of drug-likeness (QED) is 0.122. The number of unbranched alkanes of at least 4 members (excludes halogenated alkanes) is 9. The standard InChI is InChI=1S/C20H42NO6P/c1-3-4-5-6-7-8-9-10-11-12-16-26-17-14-18-27-28(24,25)19-13-15-20(22)21(2)23/h23H,3-19H2,1-2H3,(H,24,25). The summed E-state index contributed by atoms with van der Waals surface area (Å²) in [6.45, 7) is 3.65. The summed E-state index contributed by atoms with van der Waals surface area (Å²) in [4.78, 5) is 20.9. The van der Waals surface area contributed by atoms with Crippen LogP contribution in [0.25, 0.3) is 0 Å². The van der Waals surface area contributed by atoms with Gasteiger partial charge in [-0.1, -0.05) is 64.7 Å². The zero-order chi connectivity index (χ0) is 21.1. The van der Waals surface area contributed by atoms with Gasteiger partial charge < -0.3 is 14.2 Å². The Labute approximate surface area is 171 Å². The van der Waals surface area contributed by atoms with Crippen molar-refractivity contribution in [2.45, 2.75) is 90.4 Å². The highest BCUT2D eigenvalue weighted by molar-refractivity contribution is 7.52. The zero-order valence-electron chi connectivity index (χ0n) is 17.9. The van der Waals surface area contributed by atoms with Gasteiger partial charge in [0.1, 0.15) is 0 Å². The monoisotopic (exact) mass is 423 g/mol. The summed E-state index contributed by atoms with van der Waals surface area (Å²) in [7, 11) is -2.44. The highest BCUT2D eigenvalue weighted by atomic mass is 31.2. The second kappa shape index (κ2) is 18.6. The van der Waals surface area contributed by atoms with E-state index in [1.807, 2.05) is 0 Å². The van der Waals surface area contributed by atoms with Gasteiger partial charge in [-0.3, -0.25) is 14.6 Å². The Morgan fingerprint density at radius 3 is 1.96 bits per heavy atom. The topological polar surface area (TPSA) is 96.3 Å². The molecule has 8 heteroatoms. The molecule has 0 aliphatic heterocycles. The molecule has 0 spiro atoms. The molecule has 168 valence electrons. The number of carbonyl (C=O) groups is 1. The highest BCUT2D eigenvalue weighted by Crippen LogP contribution is 2.42. The lowest BCUT2D eigenvalue weighted by atomic mass is 10.1. The van der Waals surface area contributed by atoms with Crippen LogP contribution in [0.5, 0.6) is 0 Å². The Balaban J connectivity index is 3.35. The van der Waals surface area contributed by atoms with Gasteiger partial charge >= 0.3 is 7.60 Å². The second-order valence-electron chi connectivity index (χ2n) is 7.36. The Morgan fingerprint density at radius 1 is 0.857 bits per heavy atom. The predicted molar refractivity (Wildman–Crippen MR) is 112 cm³/mol. The van der Waals surface area contributed by atoms with Crippen LogP contribution >= 0.6 is 7.60 Å². The maximum atomic E-state index is 11.8. The second-order valence-corrected chi connectivity index (χ2v) is 9.34. The van der Waals surface area contributed by atoms with Gasteiger partial charge in [-0.15, -0.1) is 0 Å². The summed E-state index contributed by atoms with van der Waals surface area (Å²) in [5, 5.41) is 9.39. The van der Waals surface area contributed by atoms with Crippen molar-refractivity contribution in [1.29, 1.82) is 0 Å². The van der Waals surface area contributed by atoms with E-state index in [2.05, 4.69) is 6.92 Å². The van der Waals surface area contributed by atoms with Crippen LogP contribution < -0.4 is 0 Å². The van der Waals surface area contributed by atoms with Crippen molar-refractivity contribution < 1.29 is 28.7 Å². The number of nitrogens with zero attached hydrogens (tertiary/aromatic N) is 1. The normalized spacial score (nSPS) is 13.4. The van der Waals surface area contributed by atoms with Gasteiger partial charge in [-0.25, -0.2) is 5.06 Å². The van der Waals surface area contributed by atoms with E-state index in [-0.39, 0.29) is 25.6 Å². The van der Waals surface area contributed by atoms with Crippen LogP contribution in [0, 0.1) is 0 Å². The molecule has 0 saturated heterocycles. The fourth-order valence-corrected chi connectivity index (χ4v) is 3.92. The molecule has 0 aromatic heterocycles. The number of ether oxygens (including phenoxy) is 1. The third-order valence-corrected chi connectivity index (χ3v) is 6.03. The molecule has 0 aromatic rings. The Morgan fingerprint density at radius 2 is 1.39 bits per heavy atom. The van der Waals surface area contributed by atoms with E-state index in [4.69, 9.17) is 14.5 Å². The van der Waals surface area contributed by atoms with Crippen LogP contribution in [-0.4, -0.2) is 54.1 Å². The molecule has 0 radical (unpaired) electrons. The number of hydrogen-bond acceptors (Lipinski definition) is 5. The largest absolute Gasteiger partial charge is 0.381 e. The summed E-state index contributed by atoms with van der Waals surface area (Å²) in [5.41, 5.74) is 0. The van der Waals surface area contributed by atoms with E-state index in [9.17, 15) is 14.3 Å². The zero-order valence-corrected chi connectivity index (χ0v) is 18.8. The molecule has 0 aliphatic carbocycles. The molecule has 0 rings (SSSR count). The fraction of sp³-hybridized carbons (Fsp3) is 0.950. The van der Waals surface area contributed by atoms with Gasteiger partial charge in [0, 0.05) is 26.7 Å². The van der Waals surface area contributed by atoms with Gasteiger partial charge in [-0.2, -0.15) is 0 Å². The molecule has 2 N–H and O–H groups in total. The van der Waals surface area contributed by atoms with Crippen LogP contribution in [0.15, 0.2) is 0 Å². The predicted octanol–water partition coefficient (Wildman–Crippen LogP) is 5.14. The van der Waals surface area contributed by atoms with Crippen molar-refractivity contribution in [3.8, 4) is 0 Å². The van der Waals surface area contributed by atoms with Gasteiger partial charge in [-0.05, 0) is 19.3 Å². The SMILES string of the molecule is CCCCCCCCCCCCOCCCOP(=O)(O)CCCC(=O)N(C)O. The van der Waals surface area contributed by atoms with Crippen LogP contribution in [-0.2, 0) is 18.6 Å². The van der Waals surface area contributed by atoms with Crippen molar-refractivity contribution in [1.82, 2.24) is 5.06 Å². The summed E-state index contributed by atoms with van der Waals surface area (Å²) in [5.74, 6) is -0.486. The first-order chi connectivity index (χ1) is 13.4.